The summed E-state index contributed by atoms with van der Waals surface area (Å²) in [4.78, 5) is 27.8. The van der Waals surface area contributed by atoms with Gasteiger partial charge < -0.3 is 20.8 Å². The Balaban J connectivity index is 2.35. The number of carbonyl (C=O) groups excluding carboxylic acids is 1. The zero-order valence-corrected chi connectivity index (χ0v) is 9.91. The fourth-order valence-corrected chi connectivity index (χ4v) is 1.28. The van der Waals surface area contributed by atoms with Crippen LogP contribution in [0, 0.1) is 0 Å². The van der Waals surface area contributed by atoms with Gasteiger partial charge in [-0.3, -0.25) is 9.59 Å². The predicted molar refractivity (Wildman–Crippen MR) is 61.1 cm³/mol. The van der Waals surface area contributed by atoms with Crippen molar-refractivity contribution >= 4 is 27.7 Å². The minimum absolute atomic E-state index is 0.119. The number of primary amides is 1. The number of nitrogens with one attached hydrogen (secondary N) is 2. The van der Waals surface area contributed by atoms with E-state index in [0.717, 1.165) is 0 Å². The molecule has 1 rings (SSSR count). The summed E-state index contributed by atoms with van der Waals surface area (Å²) in [6.07, 6.45) is 1.29. The Bertz CT molecular complexity index is 420. The highest BCUT2D eigenvalue weighted by Crippen LogP contribution is 2.12. The topological polar surface area (TPSA) is 110 Å². The van der Waals surface area contributed by atoms with E-state index in [4.69, 9.17) is 10.5 Å². The lowest BCUT2D eigenvalue weighted by Gasteiger charge is -2.06. The van der Waals surface area contributed by atoms with Gasteiger partial charge in [-0.2, -0.15) is 0 Å². The summed E-state index contributed by atoms with van der Waals surface area (Å²) < 4.78 is 5.24. The van der Waals surface area contributed by atoms with Gasteiger partial charge in [-0.15, -0.1) is 0 Å². The van der Waals surface area contributed by atoms with Crippen LogP contribution in [0.2, 0.25) is 0 Å². The number of nitrogens with zero attached hydrogens (tertiary/aromatic N) is 1. The average Bonchev–Trinajstić information content (AvgIpc) is 2.23. The summed E-state index contributed by atoms with van der Waals surface area (Å²) >= 11 is 3.09. The summed E-state index contributed by atoms with van der Waals surface area (Å²) in [5, 5.41) is 2.87. The quantitative estimate of drug-likeness (QED) is 0.609. The molecule has 4 N–H and O–H groups in total. The number of aromatic amines is 1. The molecule has 16 heavy (non-hydrogen) atoms. The van der Waals surface area contributed by atoms with Gasteiger partial charge in [-0.1, -0.05) is 0 Å². The van der Waals surface area contributed by atoms with E-state index >= 15 is 0 Å². The van der Waals surface area contributed by atoms with Crippen molar-refractivity contribution in [2.45, 2.75) is 0 Å². The van der Waals surface area contributed by atoms with Gasteiger partial charge in [0.1, 0.15) is 16.9 Å². The first-order chi connectivity index (χ1) is 7.61. The number of aromatic nitrogens is 2. The largest absolute Gasteiger partial charge is 0.370 e. The lowest BCUT2D eigenvalue weighted by Crippen LogP contribution is -2.21. The van der Waals surface area contributed by atoms with Gasteiger partial charge in [0.15, 0.2) is 0 Å². The molecule has 0 bridgehead atoms. The molecule has 0 atom stereocenters. The summed E-state index contributed by atoms with van der Waals surface area (Å²) in [6.45, 7) is 0.595. The van der Waals surface area contributed by atoms with Crippen molar-refractivity contribution < 1.29 is 9.53 Å². The molecular formula is C8H11BrN4O3. The number of carbonyl (C=O) groups is 1. The van der Waals surface area contributed by atoms with Crippen LogP contribution in [0.3, 0.4) is 0 Å². The van der Waals surface area contributed by atoms with Gasteiger partial charge in [0.2, 0.25) is 5.91 Å². The monoisotopic (exact) mass is 290 g/mol. The molecule has 0 aromatic carbocycles. The lowest BCUT2D eigenvalue weighted by atomic mass is 10.5. The normalized spacial score (nSPS) is 10.1. The van der Waals surface area contributed by atoms with Gasteiger partial charge in [-0.05, 0) is 15.9 Å². The number of anilines is 1. The first-order valence-corrected chi connectivity index (χ1v) is 5.23. The average molecular weight is 291 g/mol. The predicted octanol–water partition coefficient (Wildman–Crippen LogP) is -0.554. The Hall–Kier alpha value is -1.41. The third-order valence-corrected chi connectivity index (χ3v) is 2.32. The van der Waals surface area contributed by atoms with Gasteiger partial charge in [0, 0.05) is 6.54 Å². The third kappa shape index (κ3) is 3.99. The third-order valence-electron chi connectivity index (χ3n) is 1.58. The number of halogens is 1. The van der Waals surface area contributed by atoms with E-state index in [1.165, 1.54) is 6.33 Å². The zero-order valence-electron chi connectivity index (χ0n) is 8.33. The highest BCUT2D eigenvalue weighted by Gasteiger charge is 2.03. The maximum absolute atomic E-state index is 11.1. The first-order valence-electron chi connectivity index (χ1n) is 4.44. The van der Waals surface area contributed by atoms with E-state index < -0.39 is 5.91 Å². The second kappa shape index (κ2) is 6.23. The van der Waals surface area contributed by atoms with Crippen molar-refractivity contribution in [1.29, 1.82) is 0 Å². The van der Waals surface area contributed by atoms with Crippen LogP contribution in [0.15, 0.2) is 15.6 Å². The van der Waals surface area contributed by atoms with Crippen LogP contribution >= 0.6 is 15.9 Å². The molecule has 1 aromatic rings. The molecular weight excluding hydrogens is 280 g/mol. The first kappa shape index (κ1) is 12.7. The zero-order chi connectivity index (χ0) is 12.0. The number of hydrogen-bond acceptors (Lipinski definition) is 5. The fourth-order valence-electron chi connectivity index (χ4n) is 0.921. The highest BCUT2D eigenvalue weighted by atomic mass is 79.9. The van der Waals surface area contributed by atoms with Crippen LogP contribution in [0.25, 0.3) is 0 Å². The minimum Gasteiger partial charge on any atom is -0.370 e. The van der Waals surface area contributed by atoms with E-state index in [1.54, 1.807) is 0 Å². The molecule has 88 valence electrons. The molecule has 1 heterocycles. The van der Waals surface area contributed by atoms with E-state index in [9.17, 15) is 9.59 Å². The minimum atomic E-state index is -0.518. The molecule has 0 saturated carbocycles. The summed E-state index contributed by atoms with van der Waals surface area (Å²) in [5.41, 5.74) is 4.61. The fraction of sp³-hybridized carbons (Fsp3) is 0.375. The van der Waals surface area contributed by atoms with Crippen molar-refractivity contribution in [3.05, 3.63) is 21.2 Å². The lowest BCUT2D eigenvalue weighted by molar-refractivity contribution is -0.122. The van der Waals surface area contributed by atoms with E-state index in [-0.39, 0.29) is 12.2 Å². The van der Waals surface area contributed by atoms with Crippen LogP contribution in [0.5, 0.6) is 0 Å². The Morgan fingerprint density at radius 1 is 1.69 bits per heavy atom. The highest BCUT2D eigenvalue weighted by molar-refractivity contribution is 9.10. The maximum atomic E-state index is 11.1. The van der Waals surface area contributed by atoms with Crippen LogP contribution in [-0.4, -0.2) is 35.6 Å². The standard InChI is InChI=1S/C8H11BrN4O3/c9-6-7(12-4-13-8(6)15)11-1-2-16-3-5(10)14/h4H,1-3H2,(H2,10,14)(H2,11,12,13,15). The Morgan fingerprint density at radius 2 is 2.44 bits per heavy atom. The molecule has 0 radical (unpaired) electrons. The van der Waals surface area contributed by atoms with Crippen LogP contribution in [0.4, 0.5) is 5.82 Å². The van der Waals surface area contributed by atoms with E-state index in [0.29, 0.717) is 23.4 Å². The van der Waals surface area contributed by atoms with Crippen LogP contribution < -0.4 is 16.6 Å². The van der Waals surface area contributed by atoms with Crippen molar-refractivity contribution in [3.8, 4) is 0 Å². The SMILES string of the molecule is NC(=O)COCCNc1nc[nH]c(=O)c1Br. The smallest absolute Gasteiger partial charge is 0.267 e. The Morgan fingerprint density at radius 3 is 3.12 bits per heavy atom. The molecule has 1 aromatic heterocycles. The number of nitrogens with two attached hydrogens (primary N) is 1. The second-order valence-electron chi connectivity index (χ2n) is 2.84. The molecule has 0 unspecified atom stereocenters. The van der Waals surface area contributed by atoms with Crippen molar-refractivity contribution in [2.75, 3.05) is 25.1 Å². The van der Waals surface area contributed by atoms with Crippen molar-refractivity contribution in [3.63, 3.8) is 0 Å². The number of amides is 1. The number of rotatable bonds is 6. The summed E-state index contributed by atoms with van der Waals surface area (Å²) in [7, 11) is 0. The van der Waals surface area contributed by atoms with Gasteiger partial charge in [0.05, 0.1) is 12.9 Å². The molecule has 8 heteroatoms. The van der Waals surface area contributed by atoms with Crippen LogP contribution in [0.1, 0.15) is 0 Å². The number of ether oxygens (including phenoxy) is 1. The van der Waals surface area contributed by atoms with Gasteiger partial charge in [0.25, 0.3) is 5.56 Å². The maximum Gasteiger partial charge on any atom is 0.267 e. The molecule has 0 aliphatic rings. The van der Waals surface area contributed by atoms with E-state index in [2.05, 4.69) is 31.2 Å². The summed E-state index contributed by atoms with van der Waals surface area (Å²) in [5.74, 6) is -0.0955. The number of hydrogen-bond donors (Lipinski definition) is 3. The van der Waals surface area contributed by atoms with Gasteiger partial charge >= 0.3 is 0 Å². The molecule has 0 saturated heterocycles. The Labute approximate surface area is 99.5 Å². The molecule has 1 amide bonds. The summed E-state index contributed by atoms with van der Waals surface area (Å²) in [6, 6.07) is 0. The molecule has 0 fully saturated rings. The molecule has 0 aliphatic heterocycles. The van der Waals surface area contributed by atoms with E-state index in [1.807, 2.05) is 0 Å². The van der Waals surface area contributed by atoms with Crippen LogP contribution in [-0.2, 0) is 9.53 Å². The molecule has 0 aliphatic carbocycles. The van der Waals surface area contributed by atoms with Crippen molar-refractivity contribution in [1.82, 2.24) is 9.97 Å². The molecule has 7 nitrogen and oxygen atoms in total. The Kier molecular flexibility index (Phi) is 4.93. The van der Waals surface area contributed by atoms with Crippen molar-refractivity contribution in [2.24, 2.45) is 5.73 Å². The number of H-pyrrole nitrogens is 1. The van der Waals surface area contributed by atoms with Gasteiger partial charge in [-0.25, -0.2) is 4.98 Å². The second-order valence-corrected chi connectivity index (χ2v) is 3.63. The molecule has 0 spiro atoms.